The van der Waals surface area contributed by atoms with Gasteiger partial charge >= 0.3 is 5.97 Å². The van der Waals surface area contributed by atoms with Crippen LogP contribution in [-0.4, -0.2) is 19.7 Å². The van der Waals surface area contributed by atoms with Crippen molar-refractivity contribution in [3.63, 3.8) is 0 Å². The second-order valence-electron chi connectivity index (χ2n) is 5.10. The first-order valence-corrected chi connectivity index (χ1v) is 8.36. The fourth-order valence-electron chi connectivity index (χ4n) is 2.08. The Balaban J connectivity index is 2.14. The van der Waals surface area contributed by atoms with Crippen LogP contribution in [0.15, 0.2) is 46.9 Å². The minimum Gasteiger partial charge on any atom is -0.493 e. The van der Waals surface area contributed by atoms with Crippen LogP contribution in [-0.2, 0) is 16.1 Å². The van der Waals surface area contributed by atoms with Crippen molar-refractivity contribution in [2.75, 3.05) is 13.7 Å². The van der Waals surface area contributed by atoms with Gasteiger partial charge in [0, 0.05) is 6.08 Å². The van der Waals surface area contributed by atoms with E-state index < -0.39 is 5.97 Å². The van der Waals surface area contributed by atoms with Crippen molar-refractivity contribution >= 4 is 28.0 Å². The summed E-state index contributed by atoms with van der Waals surface area (Å²) in [6.45, 7) is 0.101. The van der Waals surface area contributed by atoms with Crippen LogP contribution in [0.5, 0.6) is 11.5 Å². The summed E-state index contributed by atoms with van der Waals surface area (Å²) >= 11 is 3.42. The Kier molecular flexibility index (Phi) is 7.24. The second kappa shape index (κ2) is 9.64. The molecule has 0 fully saturated rings. The molecule has 0 aliphatic carbocycles. The molecule has 4 nitrogen and oxygen atoms in total. The van der Waals surface area contributed by atoms with Gasteiger partial charge in [0.05, 0.1) is 11.6 Å². The molecule has 0 atom stereocenters. The van der Waals surface area contributed by atoms with Crippen molar-refractivity contribution in [1.29, 1.82) is 0 Å². The van der Waals surface area contributed by atoms with Gasteiger partial charge in [-0.25, -0.2) is 9.18 Å². The number of hydrogen-bond donors (Lipinski definition) is 0. The molecule has 0 saturated carbocycles. The lowest BCUT2D eigenvalue weighted by Gasteiger charge is -2.13. The van der Waals surface area contributed by atoms with E-state index in [1.807, 2.05) is 0 Å². The molecule has 0 saturated heterocycles. The summed E-state index contributed by atoms with van der Waals surface area (Å²) in [5.74, 6) is 2.30. The van der Waals surface area contributed by atoms with Crippen LogP contribution in [0, 0.1) is 18.2 Å². The SMILES string of the molecule is C#CCOC(=O)/C=C/c1cc(Br)c(OCc2cccc(F)c2)c(OC)c1. The van der Waals surface area contributed by atoms with Gasteiger partial charge in [-0.15, -0.1) is 6.42 Å². The highest BCUT2D eigenvalue weighted by Crippen LogP contribution is 2.37. The van der Waals surface area contributed by atoms with Crippen LogP contribution >= 0.6 is 15.9 Å². The van der Waals surface area contributed by atoms with Crippen LogP contribution in [0.2, 0.25) is 0 Å². The van der Waals surface area contributed by atoms with Crippen molar-refractivity contribution in [2.24, 2.45) is 0 Å². The average molecular weight is 419 g/mol. The summed E-state index contributed by atoms with van der Waals surface area (Å²) in [6, 6.07) is 9.62. The van der Waals surface area contributed by atoms with Crippen molar-refractivity contribution in [3.05, 3.63) is 63.9 Å². The summed E-state index contributed by atoms with van der Waals surface area (Å²) in [6.07, 6.45) is 7.87. The van der Waals surface area contributed by atoms with Crippen molar-refractivity contribution in [2.45, 2.75) is 6.61 Å². The van der Waals surface area contributed by atoms with Crippen LogP contribution < -0.4 is 9.47 Å². The fraction of sp³-hybridized carbons (Fsp3) is 0.150. The maximum absolute atomic E-state index is 13.3. The number of terminal acetylenes is 1. The second-order valence-corrected chi connectivity index (χ2v) is 5.95. The Morgan fingerprint density at radius 1 is 1.35 bits per heavy atom. The van der Waals surface area contributed by atoms with Gasteiger partial charge in [0.25, 0.3) is 0 Å². The predicted molar refractivity (Wildman–Crippen MR) is 100 cm³/mol. The maximum atomic E-state index is 13.3. The first-order valence-electron chi connectivity index (χ1n) is 7.56. The summed E-state index contributed by atoms with van der Waals surface area (Å²) in [4.78, 5) is 11.5. The third-order valence-electron chi connectivity index (χ3n) is 3.23. The van der Waals surface area contributed by atoms with E-state index in [1.165, 1.54) is 25.3 Å². The molecular weight excluding hydrogens is 403 g/mol. The summed E-state index contributed by atoms with van der Waals surface area (Å²) < 4.78 is 29.7. The molecule has 0 aromatic heterocycles. The van der Waals surface area contributed by atoms with E-state index in [0.29, 0.717) is 27.1 Å². The molecule has 0 heterocycles. The largest absolute Gasteiger partial charge is 0.493 e. The molecule has 0 aliphatic heterocycles. The molecule has 26 heavy (non-hydrogen) atoms. The number of benzene rings is 2. The lowest BCUT2D eigenvalue weighted by Crippen LogP contribution is -2.00. The van der Waals surface area contributed by atoms with Gasteiger partial charge in [-0.2, -0.15) is 0 Å². The van der Waals surface area contributed by atoms with E-state index in [0.717, 1.165) is 0 Å². The fourth-order valence-corrected chi connectivity index (χ4v) is 2.66. The van der Waals surface area contributed by atoms with E-state index in [1.54, 1.807) is 30.3 Å². The van der Waals surface area contributed by atoms with Gasteiger partial charge in [0.1, 0.15) is 12.4 Å². The van der Waals surface area contributed by atoms with Gasteiger partial charge in [-0.05, 0) is 57.4 Å². The minimum atomic E-state index is -0.538. The Labute approximate surface area is 159 Å². The molecule has 134 valence electrons. The Morgan fingerprint density at radius 2 is 2.15 bits per heavy atom. The molecule has 0 unspecified atom stereocenters. The lowest BCUT2D eigenvalue weighted by atomic mass is 10.2. The summed E-state index contributed by atoms with van der Waals surface area (Å²) in [5.41, 5.74) is 1.39. The number of esters is 1. The summed E-state index contributed by atoms with van der Waals surface area (Å²) in [7, 11) is 1.51. The van der Waals surface area contributed by atoms with E-state index >= 15 is 0 Å². The molecule has 6 heteroatoms. The molecule has 2 aromatic carbocycles. The molecule has 2 rings (SSSR count). The smallest absolute Gasteiger partial charge is 0.331 e. The topological polar surface area (TPSA) is 44.8 Å². The zero-order valence-corrected chi connectivity index (χ0v) is 15.6. The van der Waals surface area contributed by atoms with Crippen LogP contribution in [0.25, 0.3) is 6.08 Å². The van der Waals surface area contributed by atoms with Crippen molar-refractivity contribution in [3.8, 4) is 23.8 Å². The van der Waals surface area contributed by atoms with Crippen LogP contribution in [0.3, 0.4) is 0 Å². The standard InChI is InChI=1S/C20H16BrFO4/c1-3-9-25-19(23)8-7-14-11-17(21)20(18(12-14)24-2)26-13-15-5-4-6-16(22)10-15/h1,4-8,10-12H,9,13H2,2H3/b8-7+. The third-order valence-corrected chi connectivity index (χ3v) is 3.82. The molecule has 0 N–H and O–H groups in total. The molecular formula is C20H16BrFO4. The minimum absolute atomic E-state index is 0.0803. The monoisotopic (exact) mass is 418 g/mol. The zero-order chi connectivity index (χ0) is 18.9. The Morgan fingerprint density at radius 3 is 2.85 bits per heavy atom. The third kappa shape index (κ3) is 5.64. The number of carbonyl (C=O) groups excluding carboxylic acids is 1. The number of methoxy groups -OCH3 is 1. The molecule has 0 bridgehead atoms. The maximum Gasteiger partial charge on any atom is 0.331 e. The number of ether oxygens (including phenoxy) is 3. The van der Waals surface area contributed by atoms with E-state index in [2.05, 4.69) is 21.9 Å². The molecule has 0 spiro atoms. The van der Waals surface area contributed by atoms with E-state index in [-0.39, 0.29) is 19.0 Å². The van der Waals surface area contributed by atoms with Crippen LogP contribution in [0.4, 0.5) is 4.39 Å². The Hall–Kier alpha value is -2.78. The zero-order valence-electron chi connectivity index (χ0n) is 14.0. The van der Waals surface area contributed by atoms with Gasteiger partial charge < -0.3 is 14.2 Å². The first kappa shape index (κ1) is 19.5. The highest BCUT2D eigenvalue weighted by molar-refractivity contribution is 9.10. The molecule has 0 amide bonds. The predicted octanol–water partition coefficient (Wildman–Crippen LogP) is 4.37. The Bertz CT molecular complexity index is 855. The lowest BCUT2D eigenvalue weighted by molar-refractivity contribution is -0.136. The number of carbonyl (C=O) groups is 1. The quantitative estimate of drug-likeness (QED) is 0.380. The van der Waals surface area contributed by atoms with E-state index in [9.17, 15) is 9.18 Å². The van der Waals surface area contributed by atoms with Crippen molar-refractivity contribution in [1.82, 2.24) is 0 Å². The molecule has 2 aromatic rings. The first-order chi connectivity index (χ1) is 12.5. The number of halogens is 2. The number of rotatable bonds is 7. The normalized spacial score (nSPS) is 10.4. The van der Waals surface area contributed by atoms with Crippen molar-refractivity contribution < 1.29 is 23.4 Å². The van der Waals surface area contributed by atoms with Gasteiger partial charge in [0.2, 0.25) is 0 Å². The van der Waals surface area contributed by atoms with E-state index in [4.69, 9.17) is 20.6 Å². The van der Waals surface area contributed by atoms with Crippen LogP contribution in [0.1, 0.15) is 11.1 Å². The summed E-state index contributed by atoms with van der Waals surface area (Å²) in [5, 5.41) is 0. The average Bonchev–Trinajstić information content (AvgIpc) is 2.63. The van der Waals surface area contributed by atoms with Gasteiger partial charge in [-0.3, -0.25) is 0 Å². The van der Waals surface area contributed by atoms with Gasteiger partial charge in [0.15, 0.2) is 18.1 Å². The molecule has 0 radical (unpaired) electrons. The molecule has 0 aliphatic rings. The number of hydrogen-bond acceptors (Lipinski definition) is 4. The highest BCUT2D eigenvalue weighted by Gasteiger charge is 2.12. The highest BCUT2D eigenvalue weighted by atomic mass is 79.9. The van der Waals surface area contributed by atoms with Gasteiger partial charge in [-0.1, -0.05) is 18.1 Å².